The molecular formula is C58H36N2OS. The number of hydrogen-bond donors (Lipinski definition) is 0. The van der Waals surface area contributed by atoms with E-state index in [1.807, 2.05) is 11.3 Å². The number of nitrogens with zero attached hydrogens (tertiary/aromatic N) is 2. The summed E-state index contributed by atoms with van der Waals surface area (Å²) in [6.45, 7) is 0. The number of fused-ring (bicyclic) bond motifs is 11. The standard InChI is InChI=1S/C58H36N2OS/c1-2-16-44-38(13-1)29-34-49-57-43(20-12-25-54(57)61-58(44)49)40-14-11-15-42(35-40)59(41-31-27-37(28-32-41)39-30-33-48-47-19-5-10-26-55(47)62-56(48)36-39)52-23-8-9-24-53(52)60-50-21-6-3-17-45(50)46-18-4-7-22-51(46)60/h1-36H. The zero-order chi connectivity index (χ0) is 40.7. The minimum absolute atomic E-state index is 0.886. The zero-order valence-electron chi connectivity index (χ0n) is 33.5. The molecule has 0 bridgehead atoms. The first-order valence-corrected chi connectivity index (χ1v) is 21.9. The van der Waals surface area contributed by atoms with Gasteiger partial charge in [-0.15, -0.1) is 11.3 Å². The molecule has 0 saturated heterocycles. The fourth-order valence-electron chi connectivity index (χ4n) is 9.77. The van der Waals surface area contributed by atoms with E-state index in [0.717, 1.165) is 61.2 Å². The quantitative estimate of drug-likeness (QED) is 0.167. The van der Waals surface area contributed by atoms with Crippen molar-refractivity contribution in [3.8, 4) is 27.9 Å². The van der Waals surface area contributed by atoms with Gasteiger partial charge in [0.25, 0.3) is 0 Å². The van der Waals surface area contributed by atoms with E-state index in [0.29, 0.717) is 0 Å². The van der Waals surface area contributed by atoms with Crippen LogP contribution < -0.4 is 4.90 Å². The van der Waals surface area contributed by atoms with Crippen LogP contribution in [-0.4, -0.2) is 4.57 Å². The van der Waals surface area contributed by atoms with Crippen molar-refractivity contribution < 1.29 is 4.42 Å². The summed E-state index contributed by atoms with van der Waals surface area (Å²) < 4.78 is 11.7. The van der Waals surface area contributed by atoms with Gasteiger partial charge in [-0.1, -0.05) is 146 Å². The fourth-order valence-corrected chi connectivity index (χ4v) is 10.9. The molecule has 13 rings (SSSR count). The summed E-state index contributed by atoms with van der Waals surface area (Å²) in [6, 6.07) is 79.2. The Morgan fingerprint density at radius 2 is 1.06 bits per heavy atom. The number of anilines is 3. The van der Waals surface area contributed by atoms with E-state index in [1.165, 1.54) is 58.5 Å². The number of rotatable bonds is 6. The van der Waals surface area contributed by atoms with Gasteiger partial charge in [0.1, 0.15) is 11.2 Å². The summed E-state index contributed by atoms with van der Waals surface area (Å²) in [5.41, 5.74) is 13.1. The van der Waals surface area contributed by atoms with E-state index in [1.54, 1.807) is 0 Å². The Labute approximate surface area is 361 Å². The lowest BCUT2D eigenvalue weighted by atomic mass is 9.97. The van der Waals surface area contributed by atoms with Crippen LogP contribution in [0.1, 0.15) is 0 Å². The van der Waals surface area contributed by atoms with Gasteiger partial charge in [0, 0.05) is 58.5 Å². The van der Waals surface area contributed by atoms with Crippen molar-refractivity contribution in [3.05, 3.63) is 218 Å². The van der Waals surface area contributed by atoms with Gasteiger partial charge < -0.3 is 13.9 Å². The minimum atomic E-state index is 0.886. The van der Waals surface area contributed by atoms with Gasteiger partial charge >= 0.3 is 0 Å². The largest absolute Gasteiger partial charge is 0.455 e. The normalized spacial score (nSPS) is 11.9. The second-order valence-electron chi connectivity index (χ2n) is 16.0. The molecule has 3 aromatic heterocycles. The summed E-state index contributed by atoms with van der Waals surface area (Å²) in [4.78, 5) is 2.42. The summed E-state index contributed by atoms with van der Waals surface area (Å²) >= 11 is 1.86. The Bertz CT molecular complexity index is 3830. The van der Waals surface area contributed by atoms with Crippen LogP contribution in [0.3, 0.4) is 0 Å². The topological polar surface area (TPSA) is 21.3 Å². The number of para-hydroxylation sites is 4. The van der Waals surface area contributed by atoms with Crippen LogP contribution in [-0.2, 0) is 0 Å². The van der Waals surface area contributed by atoms with Crippen molar-refractivity contribution in [1.29, 1.82) is 0 Å². The third-order valence-corrected chi connectivity index (χ3v) is 13.7. The van der Waals surface area contributed by atoms with Crippen molar-refractivity contribution in [2.45, 2.75) is 0 Å². The molecule has 0 radical (unpaired) electrons. The molecule has 0 spiro atoms. The monoisotopic (exact) mass is 808 g/mol. The van der Waals surface area contributed by atoms with Gasteiger partial charge in [-0.2, -0.15) is 0 Å². The Kier molecular flexibility index (Phi) is 7.78. The molecule has 290 valence electrons. The highest BCUT2D eigenvalue weighted by molar-refractivity contribution is 7.25. The average Bonchev–Trinajstić information content (AvgIpc) is 4.02. The number of aromatic nitrogens is 1. The maximum Gasteiger partial charge on any atom is 0.143 e. The summed E-state index contributed by atoms with van der Waals surface area (Å²) in [7, 11) is 0. The average molecular weight is 809 g/mol. The maximum atomic E-state index is 6.65. The molecule has 4 heteroatoms. The highest BCUT2D eigenvalue weighted by atomic mass is 32.1. The molecule has 0 aliphatic rings. The van der Waals surface area contributed by atoms with E-state index < -0.39 is 0 Å². The Balaban J connectivity index is 1.00. The van der Waals surface area contributed by atoms with Gasteiger partial charge in [-0.05, 0) is 100 Å². The van der Waals surface area contributed by atoms with Gasteiger partial charge in [-0.3, -0.25) is 0 Å². The maximum absolute atomic E-state index is 6.65. The van der Waals surface area contributed by atoms with E-state index in [-0.39, 0.29) is 0 Å². The summed E-state index contributed by atoms with van der Waals surface area (Å²) in [5, 5.41) is 9.65. The van der Waals surface area contributed by atoms with Crippen LogP contribution in [0.2, 0.25) is 0 Å². The molecule has 3 nitrogen and oxygen atoms in total. The lowest BCUT2D eigenvalue weighted by Gasteiger charge is -2.29. The molecule has 3 heterocycles. The lowest BCUT2D eigenvalue weighted by Crippen LogP contribution is -2.13. The second-order valence-corrected chi connectivity index (χ2v) is 17.1. The van der Waals surface area contributed by atoms with Crippen LogP contribution >= 0.6 is 11.3 Å². The number of hydrogen-bond acceptors (Lipinski definition) is 3. The molecule has 62 heavy (non-hydrogen) atoms. The minimum Gasteiger partial charge on any atom is -0.455 e. The van der Waals surface area contributed by atoms with Crippen molar-refractivity contribution >= 4 is 103 Å². The number of benzene rings is 10. The van der Waals surface area contributed by atoms with Crippen LogP contribution in [0.15, 0.2) is 223 Å². The zero-order valence-corrected chi connectivity index (χ0v) is 34.3. The molecule has 0 atom stereocenters. The van der Waals surface area contributed by atoms with Gasteiger partial charge in [-0.25, -0.2) is 0 Å². The third-order valence-electron chi connectivity index (χ3n) is 12.6. The first-order valence-electron chi connectivity index (χ1n) is 21.1. The van der Waals surface area contributed by atoms with E-state index in [2.05, 4.69) is 228 Å². The third kappa shape index (κ3) is 5.37. The number of thiophene rings is 1. The molecule has 10 aromatic carbocycles. The van der Waals surface area contributed by atoms with Crippen LogP contribution in [0.25, 0.3) is 103 Å². The lowest BCUT2D eigenvalue weighted by molar-refractivity contribution is 0.673. The van der Waals surface area contributed by atoms with E-state index in [9.17, 15) is 0 Å². The smallest absolute Gasteiger partial charge is 0.143 e. The number of furan rings is 1. The van der Waals surface area contributed by atoms with Crippen molar-refractivity contribution in [2.24, 2.45) is 0 Å². The molecule has 0 saturated carbocycles. The Morgan fingerprint density at radius 1 is 0.403 bits per heavy atom. The molecule has 0 amide bonds. The first-order chi connectivity index (χ1) is 30.7. The molecular weight excluding hydrogens is 773 g/mol. The Morgan fingerprint density at radius 3 is 1.90 bits per heavy atom. The molecule has 0 N–H and O–H groups in total. The van der Waals surface area contributed by atoms with E-state index >= 15 is 0 Å². The van der Waals surface area contributed by atoms with Crippen LogP contribution in [0.5, 0.6) is 0 Å². The van der Waals surface area contributed by atoms with Crippen LogP contribution in [0.4, 0.5) is 17.1 Å². The van der Waals surface area contributed by atoms with Crippen molar-refractivity contribution in [1.82, 2.24) is 4.57 Å². The predicted molar refractivity (Wildman–Crippen MR) is 264 cm³/mol. The van der Waals surface area contributed by atoms with Gasteiger partial charge in [0.05, 0.1) is 22.4 Å². The molecule has 0 aliphatic carbocycles. The predicted octanol–water partition coefficient (Wildman–Crippen LogP) is 17.0. The van der Waals surface area contributed by atoms with Crippen LogP contribution in [0, 0.1) is 0 Å². The molecule has 0 aliphatic heterocycles. The fraction of sp³-hybridized carbons (Fsp3) is 0. The molecule has 0 unspecified atom stereocenters. The summed E-state index contributed by atoms with van der Waals surface area (Å²) in [6.07, 6.45) is 0. The molecule has 13 aromatic rings. The van der Waals surface area contributed by atoms with Gasteiger partial charge in [0.2, 0.25) is 0 Å². The highest BCUT2D eigenvalue weighted by Crippen LogP contribution is 2.45. The Hall–Kier alpha value is -7.92. The SMILES string of the molecule is c1cc(-c2cccc3oc4c5ccccc5ccc4c23)cc(N(c2ccc(-c3ccc4c(c3)sc3ccccc34)cc2)c2ccccc2-n2c3ccccc3c3ccccc32)c1. The van der Waals surface area contributed by atoms with Gasteiger partial charge in [0.15, 0.2) is 0 Å². The first kappa shape index (κ1) is 34.9. The second kappa shape index (κ2) is 13.8. The van der Waals surface area contributed by atoms with Crippen molar-refractivity contribution in [3.63, 3.8) is 0 Å². The van der Waals surface area contributed by atoms with Crippen molar-refractivity contribution in [2.75, 3.05) is 4.90 Å². The highest BCUT2D eigenvalue weighted by Gasteiger charge is 2.22. The van der Waals surface area contributed by atoms with E-state index in [4.69, 9.17) is 4.42 Å². The summed E-state index contributed by atoms with van der Waals surface area (Å²) in [5.74, 6) is 0. The molecule has 0 fully saturated rings.